The zero-order chi connectivity index (χ0) is 14.7. The minimum absolute atomic E-state index is 0.219. The van der Waals surface area contributed by atoms with Gasteiger partial charge in [0.1, 0.15) is 0 Å². The maximum atomic E-state index is 11.0. The van der Waals surface area contributed by atoms with Gasteiger partial charge >= 0.3 is 5.97 Å². The van der Waals surface area contributed by atoms with E-state index in [4.69, 9.17) is 15.6 Å². The maximum Gasteiger partial charge on any atom is 0.335 e. The predicted octanol–water partition coefficient (Wildman–Crippen LogP) is 2.22. The molecule has 1 aliphatic rings. The topological polar surface area (TPSA) is 75.8 Å². The molecule has 5 nitrogen and oxygen atoms in total. The van der Waals surface area contributed by atoms with Crippen molar-refractivity contribution in [2.75, 3.05) is 30.9 Å². The second-order valence-electron chi connectivity index (χ2n) is 5.34. The molecule has 1 aliphatic carbocycles. The number of carboxylic acids is 1. The van der Waals surface area contributed by atoms with Crippen LogP contribution in [0.1, 0.15) is 30.1 Å². The van der Waals surface area contributed by atoms with Gasteiger partial charge in [0.15, 0.2) is 0 Å². The Morgan fingerprint density at radius 3 is 2.75 bits per heavy atom. The molecule has 1 atom stereocenters. The number of ether oxygens (including phenoxy) is 1. The number of carbonyl (C=O) groups is 1. The molecule has 2 rings (SSSR count). The van der Waals surface area contributed by atoms with E-state index in [-0.39, 0.29) is 5.56 Å². The molecule has 0 bridgehead atoms. The van der Waals surface area contributed by atoms with E-state index in [2.05, 4.69) is 11.8 Å². The van der Waals surface area contributed by atoms with Crippen LogP contribution in [0.15, 0.2) is 18.2 Å². The minimum Gasteiger partial charge on any atom is -0.478 e. The molecule has 0 aliphatic heterocycles. The summed E-state index contributed by atoms with van der Waals surface area (Å²) in [5, 5.41) is 9.00. The Balaban J connectivity index is 2.25. The predicted molar refractivity (Wildman–Crippen MR) is 79.2 cm³/mol. The van der Waals surface area contributed by atoms with E-state index in [0.29, 0.717) is 24.3 Å². The van der Waals surface area contributed by atoms with Crippen molar-refractivity contribution in [1.29, 1.82) is 0 Å². The zero-order valence-corrected chi connectivity index (χ0v) is 12.0. The van der Waals surface area contributed by atoms with Crippen molar-refractivity contribution in [2.45, 2.75) is 25.8 Å². The average Bonchev–Trinajstić information content (AvgIpc) is 3.24. The number of nitrogens with zero attached hydrogens (tertiary/aromatic N) is 1. The molecule has 0 aromatic heterocycles. The number of hydrogen-bond donors (Lipinski definition) is 2. The Morgan fingerprint density at radius 1 is 1.55 bits per heavy atom. The van der Waals surface area contributed by atoms with Gasteiger partial charge in [0.25, 0.3) is 0 Å². The molecule has 0 radical (unpaired) electrons. The lowest BCUT2D eigenvalue weighted by Gasteiger charge is -2.32. The third-order valence-electron chi connectivity index (χ3n) is 3.92. The quantitative estimate of drug-likeness (QED) is 0.748. The summed E-state index contributed by atoms with van der Waals surface area (Å²) in [6, 6.07) is 5.32. The van der Waals surface area contributed by atoms with Crippen LogP contribution >= 0.6 is 0 Å². The summed E-state index contributed by atoms with van der Waals surface area (Å²) in [5.41, 5.74) is 7.67. The van der Waals surface area contributed by atoms with Crippen molar-refractivity contribution in [2.24, 2.45) is 5.92 Å². The number of methoxy groups -OCH3 is 1. The molecule has 20 heavy (non-hydrogen) atoms. The number of nitrogen functional groups attached to an aromatic ring is 1. The van der Waals surface area contributed by atoms with E-state index >= 15 is 0 Å². The fourth-order valence-corrected chi connectivity index (χ4v) is 2.52. The van der Waals surface area contributed by atoms with Crippen LogP contribution in [0.4, 0.5) is 11.4 Å². The highest BCUT2D eigenvalue weighted by molar-refractivity contribution is 5.90. The molecule has 0 heterocycles. The Morgan fingerprint density at radius 2 is 2.25 bits per heavy atom. The standard InChI is InChI=1S/C15H22N2O3/c1-10(11-3-4-11)17(7-8-20-2)14-6-5-12(15(18)19)9-13(14)16/h5-6,9-11H,3-4,7-8,16H2,1-2H3,(H,18,19). The molecular formula is C15H22N2O3. The van der Waals surface area contributed by atoms with Crippen molar-refractivity contribution in [3.63, 3.8) is 0 Å². The summed E-state index contributed by atoms with van der Waals surface area (Å²) in [5.74, 6) is -0.257. The van der Waals surface area contributed by atoms with Crippen LogP contribution < -0.4 is 10.6 Å². The highest BCUT2D eigenvalue weighted by Crippen LogP contribution is 2.38. The fourth-order valence-electron chi connectivity index (χ4n) is 2.52. The molecule has 0 spiro atoms. The summed E-state index contributed by atoms with van der Waals surface area (Å²) in [6.07, 6.45) is 2.50. The van der Waals surface area contributed by atoms with E-state index < -0.39 is 5.97 Å². The summed E-state index contributed by atoms with van der Waals surface area (Å²) < 4.78 is 5.17. The molecule has 3 N–H and O–H groups in total. The van der Waals surface area contributed by atoms with Crippen molar-refractivity contribution >= 4 is 17.3 Å². The smallest absolute Gasteiger partial charge is 0.335 e. The lowest BCUT2D eigenvalue weighted by Crippen LogP contribution is -2.37. The van der Waals surface area contributed by atoms with Gasteiger partial charge in [-0.25, -0.2) is 4.79 Å². The summed E-state index contributed by atoms with van der Waals surface area (Å²) in [4.78, 5) is 13.2. The van der Waals surface area contributed by atoms with E-state index in [1.54, 1.807) is 19.2 Å². The number of nitrogens with two attached hydrogens (primary N) is 1. The van der Waals surface area contributed by atoms with Gasteiger partial charge in [-0.1, -0.05) is 0 Å². The Kier molecular flexibility index (Phi) is 4.49. The number of anilines is 2. The number of rotatable bonds is 7. The number of carboxylic acid groups (broad SMARTS) is 1. The van der Waals surface area contributed by atoms with Crippen LogP contribution in [0, 0.1) is 5.92 Å². The molecule has 5 heteroatoms. The van der Waals surface area contributed by atoms with Gasteiger partial charge in [0, 0.05) is 19.7 Å². The lowest BCUT2D eigenvalue weighted by atomic mass is 10.1. The van der Waals surface area contributed by atoms with Crippen molar-refractivity contribution < 1.29 is 14.6 Å². The van der Waals surface area contributed by atoms with E-state index in [1.165, 1.54) is 18.9 Å². The Hall–Kier alpha value is -1.75. The van der Waals surface area contributed by atoms with Crippen molar-refractivity contribution in [3.8, 4) is 0 Å². The van der Waals surface area contributed by atoms with Crippen LogP contribution in [0.25, 0.3) is 0 Å². The van der Waals surface area contributed by atoms with Gasteiger partial charge in [-0.15, -0.1) is 0 Å². The third-order valence-corrected chi connectivity index (χ3v) is 3.92. The number of hydrogen-bond acceptors (Lipinski definition) is 4. The largest absolute Gasteiger partial charge is 0.478 e. The molecule has 0 amide bonds. The van der Waals surface area contributed by atoms with Gasteiger partial charge in [0.2, 0.25) is 0 Å². The van der Waals surface area contributed by atoms with Crippen molar-refractivity contribution in [3.05, 3.63) is 23.8 Å². The van der Waals surface area contributed by atoms with Crippen LogP contribution in [-0.2, 0) is 4.74 Å². The first-order valence-electron chi connectivity index (χ1n) is 6.93. The Labute approximate surface area is 119 Å². The molecular weight excluding hydrogens is 256 g/mol. The highest BCUT2D eigenvalue weighted by Gasteiger charge is 2.32. The van der Waals surface area contributed by atoms with Crippen molar-refractivity contribution in [1.82, 2.24) is 0 Å². The highest BCUT2D eigenvalue weighted by atomic mass is 16.5. The number of aromatic carboxylic acids is 1. The molecule has 1 aromatic rings. The molecule has 1 aromatic carbocycles. The molecule has 110 valence electrons. The molecule has 0 saturated heterocycles. The average molecular weight is 278 g/mol. The fraction of sp³-hybridized carbons (Fsp3) is 0.533. The first kappa shape index (κ1) is 14.7. The van der Waals surface area contributed by atoms with E-state index in [1.807, 2.05) is 0 Å². The van der Waals surface area contributed by atoms with E-state index in [9.17, 15) is 4.79 Å². The first-order valence-corrected chi connectivity index (χ1v) is 6.93. The maximum absolute atomic E-state index is 11.0. The third kappa shape index (κ3) is 3.22. The van der Waals surface area contributed by atoms with Gasteiger partial charge < -0.3 is 20.5 Å². The molecule has 1 saturated carbocycles. The van der Waals surface area contributed by atoms with Gasteiger partial charge in [-0.3, -0.25) is 0 Å². The Bertz CT molecular complexity index is 486. The summed E-state index contributed by atoms with van der Waals surface area (Å²) >= 11 is 0. The molecule has 1 unspecified atom stereocenters. The number of benzene rings is 1. The summed E-state index contributed by atoms with van der Waals surface area (Å²) in [6.45, 7) is 3.57. The van der Waals surface area contributed by atoms with E-state index in [0.717, 1.165) is 12.2 Å². The minimum atomic E-state index is -0.957. The normalized spacial score (nSPS) is 15.9. The SMILES string of the molecule is COCCN(c1ccc(C(=O)O)cc1N)C(C)C1CC1. The summed E-state index contributed by atoms with van der Waals surface area (Å²) in [7, 11) is 1.68. The lowest BCUT2D eigenvalue weighted by molar-refractivity contribution is 0.0697. The second kappa shape index (κ2) is 6.13. The van der Waals surface area contributed by atoms with Crippen LogP contribution in [0.3, 0.4) is 0 Å². The molecule has 1 fully saturated rings. The van der Waals surface area contributed by atoms with Crippen LogP contribution in [0.2, 0.25) is 0 Å². The van der Waals surface area contributed by atoms with Gasteiger partial charge in [0.05, 0.1) is 23.5 Å². The van der Waals surface area contributed by atoms with Crippen LogP contribution in [0.5, 0.6) is 0 Å². The monoisotopic (exact) mass is 278 g/mol. The zero-order valence-electron chi connectivity index (χ0n) is 12.0. The van der Waals surface area contributed by atoms with Crippen LogP contribution in [-0.4, -0.2) is 37.4 Å². The van der Waals surface area contributed by atoms with Gasteiger partial charge in [-0.2, -0.15) is 0 Å². The first-order chi connectivity index (χ1) is 9.54. The second-order valence-corrected chi connectivity index (χ2v) is 5.34. The van der Waals surface area contributed by atoms with Gasteiger partial charge in [-0.05, 0) is 43.9 Å².